The van der Waals surface area contributed by atoms with Crippen LogP contribution in [0.3, 0.4) is 0 Å². The maximum absolute atomic E-state index is 8.89. The van der Waals surface area contributed by atoms with E-state index < -0.39 is 11.9 Å². The van der Waals surface area contributed by atoms with Gasteiger partial charge in [-0.25, -0.2) is 0 Å². The molecule has 0 aliphatic heterocycles. The van der Waals surface area contributed by atoms with E-state index in [0.717, 1.165) is 13.8 Å². The molecule has 8 heteroatoms. The van der Waals surface area contributed by atoms with Crippen molar-refractivity contribution in [3.05, 3.63) is 0 Å². The molecule has 0 saturated carbocycles. The molecule has 0 rings (SSSR count). The Balaban J connectivity index is -0.0000000112. The largest absolute Gasteiger partial charge is 2.00 e. The Hall–Kier alpha value is -0.101. The van der Waals surface area contributed by atoms with Gasteiger partial charge in [-0.3, -0.25) is 0 Å². The molecule has 82 valence electrons. The van der Waals surface area contributed by atoms with Gasteiger partial charge in [-0.1, -0.05) is 0 Å². The van der Waals surface area contributed by atoms with Crippen LogP contribution in [0, 0.1) is 0 Å². The molecule has 0 aliphatic rings. The van der Waals surface area contributed by atoms with Gasteiger partial charge in [0.1, 0.15) is 0 Å². The van der Waals surface area contributed by atoms with Crippen LogP contribution in [0.5, 0.6) is 0 Å². The van der Waals surface area contributed by atoms with Crippen LogP contribution in [-0.4, -0.2) is 22.9 Å². The zero-order chi connectivity index (χ0) is 7.15. The third kappa shape index (κ3) is 76800. The average molecular weight is 281 g/mol. The van der Waals surface area contributed by atoms with Crippen LogP contribution in [0.1, 0.15) is 13.8 Å². The van der Waals surface area contributed by atoms with Crippen molar-refractivity contribution in [2.45, 2.75) is 13.8 Å². The van der Waals surface area contributed by atoms with E-state index in [1.165, 1.54) is 0 Å². The van der Waals surface area contributed by atoms with E-state index in [4.69, 9.17) is 19.8 Å². The second kappa shape index (κ2) is 30.7. The van der Waals surface area contributed by atoms with Gasteiger partial charge in [0.25, 0.3) is 0 Å². The molecule has 0 atom stereocenters. The summed E-state index contributed by atoms with van der Waals surface area (Å²) in [4.78, 5) is 17.8. The molecule has 0 saturated heterocycles. The van der Waals surface area contributed by atoms with Gasteiger partial charge >= 0.3 is 34.1 Å². The second-order valence-electron chi connectivity index (χ2n) is 0.983. The standard InChI is InChI=1S/2C2H4O2.2Cu.2H2O/c2*1-2(3)4;;;;/h2*1H3,(H,3,4);;;2*1H2/q;;2*+2;;/p-2. The van der Waals surface area contributed by atoms with E-state index in [1.54, 1.807) is 0 Å². The van der Waals surface area contributed by atoms with Crippen molar-refractivity contribution in [2.24, 2.45) is 0 Å². The maximum atomic E-state index is 8.89. The Morgan fingerprint density at radius 1 is 0.833 bits per heavy atom. The predicted octanol–water partition coefficient (Wildman–Crippen LogP) is -4.14. The number of carboxylic acid groups (broad SMARTS) is 2. The average Bonchev–Trinajstić information content (AvgIpc) is 1.25. The fourth-order valence-electron chi connectivity index (χ4n) is 0. The van der Waals surface area contributed by atoms with E-state index in [9.17, 15) is 0 Å². The van der Waals surface area contributed by atoms with Gasteiger partial charge in [0.2, 0.25) is 0 Å². The van der Waals surface area contributed by atoms with Crippen molar-refractivity contribution in [3.63, 3.8) is 0 Å². The molecule has 6 nitrogen and oxygen atoms in total. The smallest absolute Gasteiger partial charge is 0.550 e. The van der Waals surface area contributed by atoms with Gasteiger partial charge < -0.3 is 30.8 Å². The first kappa shape index (κ1) is 40.6. The van der Waals surface area contributed by atoms with Crippen LogP contribution in [-0.2, 0) is 43.7 Å². The Morgan fingerprint density at radius 2 is 0.833 bits per heavy atom. The molecule has 0 amide bonds. The second-order valence-corrected chi connectivity index (χ2v) is 0.983. The van der Waals surface area contributed by atoms with E-state index in [2.05, 4.69) is 0 Å². The third-order valence-corrected chi connectivity index (χ3v) is 0. The van der Waals surface area contributed by atoms with Gasteiger partial charge in [-0.05, 0) is 13.8 Å². The van der Waals surface area contributed by atoms with Gasteiger partial charge in [-0.15, -0.1) is 0 Å². The Labute approximate surface area is 90.9 Å². The Bertz CT molecular complexity index is 75.5. The zero-order valence-electron chi connectivity index (χ0n) is 6.24. The number of hydrogen-bond acceptors (Lipinski definition) is 4. The van der Waals surface area contributed by atoms with Crippen molar-refractivity contribution in [3.8, 4) is 0 Å². The van der Waals surface area contributed by atoms with Gasteiger partial charge in [0, 0.05) is 11.9 Å². The monoisotopic (exact) mass is 280 g/mol. The molecule has 0 aromatic heterocycles. The van der Waals surface area contributed by atoms with Crippen LogP contribution < -0.4 is 10.2 Å². The fraction of sp³-hybridized carbons (Fsp3) is 0.500. The van der Waals surface area contributed by atoms with Crippen molar-refractivity contribution >= 4 is 11.9 Å². The zero-order valence-corrected chi connectivity index (χ0v) is 8.12. The topological polar surface area (TPSA) is 143 Å². The number of carbonyl (C=O) groups excluding carboxylic acids is 2. The van der Waals surface area contributed by atoms with Crippen molar-refractivity contribution in [2.75, 3.05) is 0 Å². The fourth-order valence-corrected chi connectivity index (χ4v) is 0. The normalized spacial score (nSPS) is 4.17. The molecule has 0 fully saturated rings. The van der Waals surface area contributed by atoms with Crippen molar-refractivity contribution < 1.29 is 64.9 Å². The number of rotatable bonds is 0. The summed E-state index contributed by atoms with van der Waals surface area (Å²) >= 11 is 0. The summed E-state index contributed by atoms with van der Waals surface area (Å²) in [7, 11) is 0. The molecule has 0 aromatic rings. The molecule has 4 N–H and O–H groups in total. The van der Waals surface area contributed by atoms with Crippen molar-refractivity contribution in [1.29, 1.82) is 0 Å². The summed E-state index contributed by atoms with van der Waals surface area (Å²) in [5.41, 5.74) is 0. The molecule has 12 heavy (non-hydrogen) atoms. The Kier molecular flexibility index (Phi) is 104. The quantitative estimate of drug-likeness (QED) is 0.415. The summed E-state index contributed by atoms with van der Waals surface area (Å²) in [6, 6.07) is 0. The van der Waals surface area contributed by atoms with E-state index in [1.807, 2.05) is 0 Å². The minimum atomic E-state index is -1.08. The van der Waals surface area contributed by atoms with Crippen LogP contribution in [0.4, 0.5) is 0 Å². The first-order valence-electron chi connectivity index (χ1n) is 1.82. The SMILES string of the molecule is CC(=O)[O-].CC(=O)[O-].O.O.[Cu+2].[Cu+2]. The third-order valence-electron chi connectivity index (χ3n) is 0. The van der Waals surface area contributed by atoms with Crippen LogP contribution in [0.15, 0.2) is 0 Å². The first-order chi connectivity index (χ1) is 3.46. The summed E-state index contributed by atoms with van der Waals surface area (Å²) in [5.74, 6) is -2.17. The molecular formula is C4H10Cu2O6+2. The first-order valence-corrected chi connectivity index (χ1v) is 1.82. The van der Waals surface area contributed by atoms with Crippen LogP contribution in [0.25, 0.3) is 0 Å². The van der Waals surface area contributed by atoms with E-state index in [-0.39, 0.29) is 45.1 Å². The molecule has 0 unspecified atom stereocenters. The summed E-state index contributed by atoms with van der Waals surface area (Å²) in [5, 5.41) is 17.8. The Morgan fingerprint density at radius 3 is 0.833 bits per heavy atom. The maximum Gasteiger partial charge on any atom is 2.00 e. The van der Waals surface area contributed by atoms with Crippen LogP contribution in [0.2, 0.25) is 0 Å². The number of carboxylic acids is 2. The molecule has 0 spiro atoms. The van der Waals surface area contributed by atoms with Gasteiger partial charge in [0.05, 0.1) is 0 Å². The summed E-state index contributed by atoms with van der Waals surface area (Å²) in [6.45, 7) is 1.94. The molecular weight excluding hydrogens is 271 g/mol. The summed E-state index contributed by atoms with van der Waals surface area (Å²) < 4.78 is 0. The molecule has 0 heterocycles. The van der Waals surface area contributed by atoms with E-state index in [0.29, 0.717) is 0 Å². The predicted molar refractivity (Wildman–Crippen MR) is 28.6 cm³/mol. The molecule has 2 radical (unpaired) electrons. The molecule has 0 aromatic carbocycles. The van der Waals surface area contributed by atoms with Crippen molar-refractivity contribution in [1.82, 2.24) is 0 Å². The van der Waals surface area contributed by atoms with Gasteiger partial charge in [-0.2, -0.15) is 0 Å². The number of carbonyl (C=O) groups is 2. The van der Waals surface area contributed by atoms with Crippen LogP contribution >= 0.6 is 0 Å². The molecule has 0 bridgehead atoms. The number of aliphatic carboxylic acids is 2. The molecule has 0 aliphatic carbocycles. The minimum absolute atomic E-state index is 0. The van der Waals surface area contributed by atoms with Gasteiger partial charge in [0.15, 0.2) is 0 Å². The number of hydrogen-bond donors (Lipinski definition) is 0. The van der Waals surface area contributed by atoms with E-state index >= 15 is 0 Å². The minimum Gasteiger partial charge on any atom is -0.550 e. The summed E-state index contributed by atoms with van der Waals surface area (Å²) in [6.07, 6.45) is 0.